The van der Waals surface area contributed by atoms with Gasteiger partial charge in [0.25, 0.3) is 5.56 Å². The molecule has 0 aliphatic heterocycles. The normalized spacial score (nSPS) is 16.5. The second kappa shape index (κ2) is 9.89. The van der Waals surface area contributed by atoms with E-state index in [2.05, 4.69) is 5.32 Å². The van der Waals surface area contributed by atoms with Gasteiger partial charge in [-0.05, 0) is 56.2 Å². The quantitative estimate of drug-likeness (QED) is 0.400. The predicted octanol–water partition coefficient (Wildman–Crippen LogP) is 4.88. The smallest absolute Gasteiger partial charge is 0.267 e. The third-order valence-corrected chi connectivity index (χ3v) is 8.70. The molecule has 2 aromatic heterocycles. The van der Waals surface area contributed by atoms with Gasteiger partial charge in [0, 0.05) is 17.0 Å². The fourth-order valence-corrected chi connectivity index (χ4v) is 7.03. The molecule has 0 atom stereocenters. The molecule has 0 saturated heterocycles. The van der Waals surface area contributed by atoms with Gasteiger partial charge in [0.15, 0.2) is 5.16 Å². The highest BCUT2D eigenvalue weighted by atomic mass is 32.2. The van der Waals surface area contributed by atoms with Gasteiger partial charge in [-0.15, -0.1) is 11.3 Å². The number of carbonyl (C=O) groups is 1. The summed E-state index contributed by atoms with van der Waals surface area (Å²) in [5.41, 5.74) is 1.82. The Labute approximate surface area is 201 Å². The van der Waals surface area contributed by atoms with Crippen LogP contribution in [0.3, 0.4) is 0 Å². The van der Waals surface area contributed by atoms with Crippen molar-refractivity contribution in [3.05, 3.63) is 45.1 Å². The van der Waals surface area contributed by atoms with E-state index >= 15 is 0 Å². The lowest BCUT2D eigenvalue weighted by atomic mass is 9.95. The maximum Gasteiger partial charge on any atom is 0.267 e. The van der Waals surface area contributed by atoms with Crippen LogP contribution in [0.4, 0.5) is 0 Å². The third-order valence-electron chi connectivity index (χ3n) is 6.57. The summed E-state index contributed by atoms with van der Waals surface area (Å²) in [4.78, 5) is 33.5. The van der Waals surface area contributed by atoms with Crippen molar-refractivity contribution in [3.8, 4) is 11.4 Å². The van der Waals surface area contributed by atoms with Crippen molar-refractivity contribution >= 4 is 39.2 Å². The molecule has 2 aliphatic carbocycles. The van der Waals surface area contributed by atoms with Crippen LogP contribution in [-0.2, 0) is 17.6 Å². The van der Waals surface area contributed by atoms with Crippen LogP contribution in [0, 0.1) is 0 Å². The van der Waals surface area contributed by atoms with Gasteiger partial charge in [-0.25, -0.2) is 4.98 Å². The first kappa shape index (κ1) is 22.5. The van der Waals surface area contributed by atoms with E-state index in [1.165, 1.54) is 41.5 Å². The standard InChI is InChI=1S/C25H29N3O3S2/c1-31-18-11-7-10-17(14-18)28-24(30)22-19-12-5-6-13-20(19)33-23(22)27-25(28)32-15-21(29)26-16-8-3-2-4-9-16/h7,10-11,14,16H,2-6,8-9,12-13,15H2,1H3,(H,26,29). The lowest BCUT2D eigenvalue weighted by Crippen LogP contribution is -2.37. The Balaban J connectivity index is 1.51. The Morgan fingerprint density at radius 2 is 2.03 bits per heavy atom. The van der Waals surface area contributed by atoms with Crippen LogP contribution in [0.2, 0.25) is 0 Å². The molecule has 1 saturated carbocycles. The van der Waals surface area contributed by atoms with E-state index in [4.69, 9.17) is 9.72 Å². The van der Waals surface area contributed by atoms with Gasteiger partial charge in [-0.1, -0.05) is 37.1 Å². The molecular formula is C25H29N3O3S2. The van der Waals surface area contributed by atoms with Crippen molar-refractivity contribution in [3.63, 3.8) is 0 Å². The molecule has 6 nitrogen and oxygen atoms in total. The molecule has 1 fully saturated rings. The molecule has 0 spiro atoms. The number of nitrogens with zero attached hydrogens (tertiary/aromatic N) is 2. The first-order valence-electron chi connectivity index (χ1n) is 11.8. The largest absolute Gasteiger partial charge is 0.497 e. The number of rotatable bonds is 6. The first-order chi connectivity index (χ1) is 16.1. The Morgan fingerprint density at radius 1 is 1.21 bits per heavy atom. The Hall–Kier alpha value is -2.32. The van der Waals surface area contributed by atoms with Crippen molar-refractivity contribution < 1.29 is 9.53 Å². The minimum atomic E-state index is -0.0529. The average molecular weight is 484 g/mol. The molecule has 1 N–H and O–H groups in total. The van der Waals surface area contributed by atoms with E-state index in [1.54, 1.807) is 23.0 Å². The molecule has 33 heavy (non-hydrogen) atoms. The number of ether oxygens (including phenoxy) is 1. The maximum absolute atomic E-state index is 13.8. The van der Waals surface area contributed by atoms with Gasteiger partial charge in [0.2, 0.25) is 5.91 Å². The Morgan fingerprint density at radius 3 is 2.85 bits per heavy atom. The minimum Gasteiger partial charge on any atom is -0.497 e. The summed E-state index contributed by atoms with van der Waals surface area (Å²) in [6.45, 7) is 0. The number of fused-ring (bicyclic) bond motifs is 3. The Kier molecular flexibility index (Phi) is 6.74. The van der Waals surface area contributed by atoms with Crippen LogP contribution in [0.1, 0.15) is 55.4 Å². The molecule has 2 aliphatic rings. The fourth-order valence-electron chi connectivity index (χ4n) is 4.91. The number of thioether (sulfide) groups is 1. The average Bonchev–Trinajstić information content (AvgIpc) is 3.22. The van der Waals surface area contributed by atoms with Crippen LogP contribution in [0.25, 0.3) is 15.9 Å². The van der Waals surface area contributed by atoms with Crippen LogP contribution >= 0.6 is 23.1 Å². The summed E-state index contributed by atoms with van der Waals surface area (Å²) < 4.78 is 7.05. The van der Waals surface area contributed by atoms with Crippen molar-refractivity contribution in [1.82, 2.24) is 14.9 Å². The van der Waals surface area contributed by atoms with Gasteiger partial charge in [0.05, 0.1) is 23.9 Å². The topological polar surface area (TPSA) is 73.2 Å². The Bertz CT molecular complexity index is 1230. The molecule has 174 valence electrons. The van der Waals surface area contributed by atoms with Crippen LogP contribution in [0.5, 0.6) is 5.75 Å². The summed E-state index contributed by atoms with van der Waals surface area (Å²) in [6.07, 6.45) is 9.92. The molecule has 5 rings (SSSR count). The molecule has 3 aromatic rings. The molecule has 8 heteroatoms. The number of thiophene rings is 1. The van der Waals surface area contributed by atoms with E-state index in [-0.39, 0.29) is 23.3 Å². The zero-order valence-electron chi connectivity index (χ0n) is 18.9. The number of nitrogens with one attached hydrogen (secondary N) is 1. The zero-order valence-corrected chi connectivity index (χ0v) is 20.5. The number of aryl methyl sites for hydroxylation is 2. The maximum atomic E-state index is 13.8. The second-order valence-corrected chi connectivity index (χ2v) is 10.8. The SMILES string of the molecule is COc1cccc(-n2c(SCC(=O)NC3CCCCC3)nc3sc4c(c3c2=O)CCCC4)c1. The predicted molar refractivity (Wildman–Crippen MR) is 134 cm³/mol. The highest BCUT2D eigenvalue weighted by molar-refractivity contribution is 7.99. The van der Waals surface area contributed by atoms with Gasteiger partial charge >= 0.3 is 0 Å². The highest BCUT2D eigenvalue weighted by Gasteiger charge is 2.24. The summed E-state index contributed by atoms with van der Waals surface area (Å²) in [7, 11) is 1.61. The molecule has 1 aromatic carbocycles. The first-order valence-corrected chi connectivity index (χ1v) is 13.6. The molecular weight excluding hydrogens is 454 g/mol. The summed E-state index contributed by atoms with van der Waals surface area (Å²) >= 11 is 2.97. The van der Waals surface area contributed by atoms with Gasteiger partial charge < -0.3 is 10.1 Å². The van der Waals surface area contributed by atoms with Crippen LogP contribution in [-0.4, -0.2) is 34.4 Å². The van der Waals surface area contributed by atoms with E-state index in [1.807, 2.05) is 24.3 Å². The number of hydrogen-bond acceptors (Lipinski definition) is 6. The summed E-state index contributed by atoms with van der Waals surface area (Å²) in [5.74, 6) is 0.922. The van der Waals surface area contributed by atoms with E-state index in [9.17, 15) is 9.59 Å². The summed E-state index contributed by atoms with van der Waals surface area (Å²) in [6, 6.07) is 7.74. The molecule has 1 amide bonds. The minimum absolute atomic E-state index is 0.00362. The van der Waals surface area contributed by atoms with Gasteiger partial charge in [-0.2, -0.15) is 0 Å². The third kappa shape index (κ3) is 4.68. The fraction of sp³-hybridized carbons (Fsp3) is 0.480. The monoisotopic (exact) mass is 483 g/mol. The van der Waals surface area contributed by atoms with E-state index in [0.29, 0.717) is 16.6 Å². The van der Waals surface area contributed by atoms with Crippen molar-refractivity contribution in [1.29, 1.82) is 0 Å². The van der Waals surface area contributed by atoms with E-state index in [0.717, 1.165) is 48.7 Å². The summed E-state index contributed by atoms with van der Waals surface area (Å²) in [5, 5.41) is 4.46. The lowest BCUT2D eigenvalue weighted by Gasteiger charge is -2.22. The zero-order chi connectivity index (χ0) is 22.8. The number of carbonyl (C=O) groups excluding carboxylic acids is 1. The number of aromatic nitrogens is 2. The number of benzene rings is 1. The molecule has 0 bridgehead atoms. The second-order valence-electron chi connectivity index (χ2n) is 8.82. The van der Waals surface area contributed by atoms with E-state index < -0.39 is 0 Å². The van der Waals surface area contributed by atoms with Crippen molar-refractivity contribution in [2.45, 2.75) is 69.0 Å². The number of hydrogen-bond donors (Lipinski definition) is 1. The number of methoxy groups -OCH3 is 1. The van der Waals surface area contributed by atoms with Crippen molar-refractivity contribution in [2.75, 3.05) is 12.9 Å². The molecule has 2 heterocycles. The van der Waals surface area contributed by atoms with Gasteiger partial charge in [0.1, 0.15) is 10.6 Å². The number of amides is 1. The van der Waals surface area contributed by atoms with Gasteiger partial charge in [-0.3, -0.25) is 14.2 Å². The highest BCUT2D eigenvalue weighted by Crippen LogP contribution is 2.35. The lowest BCUT2D eigenvalue weighted by molar-refractivity contribution is -0.119. The molecule has 0 unspecified atom stereocenters. The van der Waals surface area contributed by atoms with Crippen LogP contribution < -0.4 is 15.6 Å². The van der Waals surface area contributed by atoms with Crippen molar-refractivity contribution in [2.24, 2.45) is 0 Å². The van der Waals surface area contributed by atoms with Crippen LogP contribution in [0.15, 0.2) is 34.2 Å². The molecule has 0 radical (unpaired) electrons.